The van der Waals surface area contributed by atoms with Crippen LogP contribution in [0.3, 0.4) is 0 Å². The van der Waals surface area contributed by atoms with E-state index in [1.54, 1.807) is 25.3 Å². The third-order valence-corrected chi connectivity index (χ3v) is 7.24. The fraction of sp³-hybridized carbons (Fsp3) is 0.371. The fourth-order valence-electron chi connectivity index (χ4n) is 5.03. The molecule has 0 aliphatic carbocycles. The summed E-state index contributed by atoms with van der Waals surface area (Å²) >= 11 is 0. The average Bonchev–Trinajstić information content (AvgIpc) is 3.39. The largest absolute Gasteiger partial charge is 0.494 e. The first-order chi connectivity index (χ1) is 20.0. The molecule has 0 bridgehead atoms. The maximum atomic E-state index is 14.1. The second-order valence-corrected chi connectivity index (χ2v) is 10.3. The maximum absolute atomic E-state index is 14.1. The smallest absolute Gasteiger partial charge is 0.338 e. The van der Waals surface area contributed by atoms with Crippen molar-refractivity contribution in [1.82, 2.24) is 9.30 Å². The summed E-state index contributed by atoms with van der Waals surface area (Å²) in [7, 11) is 0. The molecule has 6 nitrogen and oxygen atoms in total. The van der Waals surface area contributed by atoms with E-state index >= 15 is 0 Å². The molecule has 0 spiro atoms. The molecule has 4 aromatic rings. The number of carbonyl (C=O) groups is 2. The van der Waals surface area contributed by atoms with Gasteiger partial charge in [-0.05, 0) is 69.1 Å². The molecular formula is C35H42N2O4. The van der Waals surface area contributed by atoms with E-state index in [4.69, 9.17) is 9.47 Å². The van der Waals surface area contributed by atoms with Crippen LogP contribution in [0.25, 0.3) is 16.6 Å². The number of esters is 1. The second kappa shape index (κ2) is 15.2. The molecule has 2 heterocycles. The summed E-state index contributed by atoms with van der Waals surface area (Å²) in [5.74, 6) is 0.152. The lowest BCUT2D eigenvalue weighted by Gasteiger charge is -2.21. The Hall–Kier alpha value is -3.90. The molecule has 0 amide bonds. The van der Waals surface area contributed by atoms with Crippen LogP contribution in [0.4, 0.5) is 0 Å². The lowest BCUT2D eigenvalue weighted by Crippen LogP contribution is -2.28. The quantitative estimate of drug-likeness (QED) is 0.0807. The van der Waals surface area contributed by atoms with Gasteiger partial charge in [0.1, 0.15) is 5.75 Å². The molecule has 0 N–H and O–H groups in total. The molecule has 0 radical (unpaired) electrons. The summed E-state index contributed by atoms with van der Waals surface area (Å²) in [6.45, 7) is 10.4. The summed E-state index contributed by atoms with van der Waals surface area (Å²) < 4.78 is 13.2. The molecule has 2 aromatic carbocycles. The lowest BCUT2D eigenvalue weighted by atomic mass is 9.96. The van der Waals surface area contributed by atoms with Gasteiger partial charge in [-0.1, -0.05) is 69.2 Å². The van der Waals surface area contributed by atoms with E-state index in [0.717, 1.165) is 37.2 Å². The Morgan fingerprint density at radius 2 is 1.54 bits per heavy atom. The van der Waals surface area contributed by atoms with Crippen LogP contribution < -0.4 is 4.74 Å². The number of unbranched alkanes of at least 4 members (excludes halogenated alkanes) is 2. The summed E-state index contributed by atoms with van der Waals surface area (Å²) in [5.41, 5.74) is 3.89. The van der Waals surface area contributed by atoms with Gasteiger partial charge in [-0.2, -0.15) is 0 Å². The number of hydrogen-bond acceptors (Lipinski definition) is 5. The SMILES string of the molecule is CCCCN(CCCC)CCCOc1cccc(C(=O)c2c(-c3ccccc3)cn3ccc(C(=O)OCC)cc23)c1. The predicted octanol–water partition coefficient (Wildman–Crippen LogP) is 7.69. The molecule has 0 fully saturated rings. The molecule has 216 valence electrons. The standard InChI is InChI=1S/C35H42N2O4/c1-4-7-19-36(20-8-5-2)21-13-23-41-30-17-12-16-28(24-30)34(38)33-31(27-14-10-9-11-15-27)26-37-22-18-29(25-32(33)37)35(39)40-6-3/h9-12,14-18,22,24-26H,4-8,13,19-21,23H2,1-3H3. The van der Waals surface area contributed by atoms with Crippen molar-refractivity contribution in [1.29, 1.82) is 0 Å². The highest BCUT2D eigenvalue weighted by molar-refractivity contribution is 6.18. The summed E-state index contributed by atoms with van der Waals surface area (Å²) in [6, 6.07) is 20.7. The van der Waals surface area contributed by atoms with Crippen LogP contribution in [0.1, 0.15) is 79.2 Å². The van der Waals surface area contributed by atoms with Crippen LogP contribution in [0.2, 0.25) is 0 Å². The van der Waals surface area contributed by atoms with E-state index in [9.17, 15) is 9.59 Å². The van der Waals surface area contributed by atoms with Gasteiger partial charge in [0.2, 0.25) is 0 Å². The van der Waals surface area contributed by atoms with Gasteiger partial charge in [-0.25, -0.2) is 4.79 Å². The molecular weight excluding hydrogens is 512 g/mol. The Kier molecular flexibility index (Phi) is 11.1. The molecule has 0 unspecified atom stereocenters. The lowest BCUT2D eigenvalue weighted by molar-refractivity contribution is 0.0526. The molecule has 0 saturated carbocycles. The predicted molar refractivity (Wildman–Crippen MR) is 165 cm³/mol. The van der Waals surface area contributed by atoms with E-state index in [2.05, 4.69) is 18.7 Å². The van der Waals surface area contributed by atoms with Crippen LogP contribution >= 0.6 is 0 Å². The Labute approximate surface area is 243 Å². The summed E-state index contributed by atoms with van der Waals surface area (Å²) in [5, 5.41) is 0. The maximum Gasteiger partial charge on any atom is 0.338 e. The van der Waals surface area contributed by atoms with Crippen LogP contribution in [0.15, 0.2) is 79.1 Å². The Morgan fingerprint density at radius 3 is 2.24 bits per heavy atom. The van der Waals surface area contributed by atoms with Gasteiger partial charge < -0.3 is 18.8 Å². The monoisotopic (exact) mass is 554 g/mol. The Bertz CT molecular complexity index is 1420. The second-order valence-electron chi connectivity index (χ2n) is 10.3. The number of hydrogen-bond donors (Lipinski definition) is 0. The van der Waals surface area contributed by atoms with Gasteiger partial charge in [0.15, 0.2) is 5.78 Å². The van der Waals surface area contributed by atoms with E-state index in [0.29, 0.717) is 34.6 Å². The van der Waals surface area contributed by atoms with Crippen molar-refractivity contribution in [3.8, 4) is 16.9 Å². The first-order valence-corrected chi connectivity index (χ1v) is 14.9. The molecule has 0 atom stereocenters. The van der Waals surface area contributed by atoms with Crippen LogP contribution in [-0.4, -0.2) is 53.9 Å². The Balaban J connectivity index is 1.57. The molecule has 0 aliphatic rings. The third-order valence-electron chi connectivity index (χ3n) is 7.24. The first kappa shape index (κ1) is 30.1. The molecule has 2 aromatic heterocycles. The van der Waals surface area contributed by atoms with Crippen LogP contribution in [-0.2, 0) is 4.74 Å². The average molecular weight is 555 g/mol. The number of benzene rings is 2. The molecule has 4 rings (SSSR count). The zero-order chi connectivity index (χ0) is 29.0. The zero-order valence-corrected chi connectivity index (χ0v) is 24.6. The van der Waals surface area contributed by atoms with Crippen molar-refractivity contribution in [3.63, 3.8) is 0 Å². The van der Waals surface area contributed by atoms with Crippen molar-refractivity contribution >= 4 is 17.3 Å². The highest BCUT2D eigenvalue weighted by atomic mass is 16.5. The molecule has 0 aliphatic heterocycles. The number of ether oxygens (including phenoxy) is 2. The fourth-order valence-corrected chi connectivity index (χ4v) is 5.03. The topological polar surface area (TPSA) is 60.2 Å². The van der Waals surface area contributed by atoms with Crippen LogP contribution in [0, 0.1) is 0 Å². The number of carbonyl (C=O) groups excluding carboxylic acids is 2. The number of pyridine rings is 1. The van der Waals surface area contributed by atoms with E-state index in [-0.39, 0.29) is 12.4 Å². The van der Waals surface area contributed by atoms with E-state index in [1.807, 2.05) is 65.2 Å². The molecule has 0 saturated heterocycles. The number of rotatable bonds is 16. The van der Waals surface area contributed by atoms with Crippen molar-refractivity contribution in [2.24, 2.45) is 0 Å². The van der Waals surface area contributed by atoms with Crippen molar-refractivity contribution in [2.75, 3.05) is 32.8 Å². The van der Waals surface area contributed by atoms with E-state index in [1.165, 1.54) is 25.7 Å². The normalized spacial score (nSPS) is 11.2. The van der Waals surface area contributed by atoms with Gasteiger partial charge in [-0.3, -0.25) is 4.79 Å². The van der Waals surface area contributed by atoms with Crippen molar-refractivity contribution in [2.45, 2.75) is 52.9 Å². The Morgan fingerprint density at radius 1 is 0.805 bits per heavy atom. The van der Waals surface area contributed by atoms with Gasteiger partial charge in [-0.15, -0.1) is 0 Å². The van der Waals surface area contributed by atoms with Crippen molar-refractivity contribution < 1.29 is 19.1 Å². The van der Waals surface area contributed by atoms with Gasteiger partial charge in [0, 0.05) is 30.1 Å². The highest BCUT2D eigenvalue weighted by Gasteiger charge is 2.22. The minimum absolute atomic E-state index is 0.122. The van der Waals surface area contributed by atoms with Crippen LogP contribution in [0.5, 0.6) is 5.75 Å². The number of fused-ring (bicyclic) bond motifs is 1. The third kappa shape index (κ3) is 7.86. The minimum Gasteiger partial charge on any atom is -0.494 e. The van der Waals surface area contributed by atoms with Crippen molar-refractivity contribution in [3.05, 3.63) is 95.8 Å². The minimum atomic E-state index is -0.408. The zero-order valence-electron chi connectivity index (χ0n) is 24.6. The van der Waals surface area contributed by atoms with E-state index < -0.39 is 5.97 Å². The molecule has 6 heteroatoms. The first-order valence-electron chi connectivity index (χ1n) is 14.9. The number of aromatic nitrogens is 1. The summed E-state index contributed by atoms with van der Waals surface area (Å²) in [6.07, 6.45) is 9.51. The van der Waals surface area contributed by atoms with Gasteiger partial charge in [0.25, 0.3) is 0 Å². The summed E-state index contributed by atoms with van der Waals surface area (Å²) in [4.78, 5) is 29.1. The highest BCUT2D eigenvalue weighted by Crippen LogP contribution is 2.32. The number of ketones is 1. The number of nitrogens with zero attached hydrogens (tertiary/aromatic N) is 2. The van der Waals surface area contributed by atoms with Gasteiger partial charge >= 0.3 is 5.97 Å². The molecule has 41 heavy (non-hydrogen) atoms. The van der Waals surface area contributed by atoms with Gasteiger partial charge in [0.05, 0.1) is 29.9 Å².